The molecule has 158 valence electrons. The van der Waals surface area contributed by atoms with Crippen molar-refractivity contribution >= 4 is 16.9 Å². The molecule has 1 aliphatic heterocycles. The van der Waals surface area contributed by atoms with Gasteiger partial charge in [0, 0.05) is 24.6 Å². The number of nitrogens with one attached hydrogen (secondary N) is 1. The molecule has 0 saturated carbocycles. The molecule has 8 nitrogen and oxygen atoms in total. The zero-order valence-corrected chi connectivity index (χ0v) is 17.2. The molecule has 1 atom stereocenters. The number of fused-ring (bicyclic) bond motifs is 1. The van der Waals surface area contributed by atoms with Gasteiger partial charge in [0.05, 0.1) is 23.5 Å². The largest absolute Gasteiger partial charge is 0.338 e. The quantitative estimate of drug-likeness (QED) is 0.544. The summed E-state index contributed by atoms with van der Waals surface area (Å²) in [6, 6.07) is 18.3. The van der Waals surface area contributed by atoms with Gasteiger partial charge in [0.25, 0.3) is 11.5 Å². The van der Waals surface area contributed by atoms with E-state index >= 15 is 0 Å². The number of para-hydroxylation sites is 1. The highest BCUT2D eigenvalue weighted by atomic mass is 16.2. The van der Waals surface area contributed by atoms with Gasteiger partial charge in [-0.15, -0.1) is 0 Å². The number of carbonyl (C=O) groups is 1. The molecule has 0 spiro atoms. The number of hydrogen-bond acceptors (Lipinski definition) is 5. The minimum Gasteiger partial charge on any atom is -0.338 e. The highest BCUT2D eigenvalue weighted by Crippen LogP contribution is 2.26. The van der Waals surface area contributed by atoms with Crippen LogP contribution < -0.4 is 5.56 Å². The van der Waals surface area contributed by atoms with Crippen LogP contribution >= 0.6 is 0 Å². The zero-order valence-electron chi connectivity index (χ0n) is 17.2. The van der Waals surface area contributed by atoms with Crippen LogP contribution in [0.2, 0.25) is 0 Å². The Bertz CT molecular complexity index is 1380. The Labute approximate surface area is 183 Å². The number of aromatic amines is 1. The lowest BCUT2D eigenvalue weighted by atomic mass is 9.96. The number of likely N-dealkylation sites (tertiary alicyclic amines) is 1. The maximum absolute atomic E-state index is 13.0. The van der Waals surface area contributed by atoms with Crippen LogP contribution in [0, 0.1) is 11.3 Å². The Morgan fingerprint density at radius 2 is 1.91 bits per heavy atom. The Morgan fingerprint density at radius 3 is 2.66 bits per heavy atom. The molecule has 1 fully saturated rings. The molecular weight excluding hydrogens is 404 g/mol. The maximum atomic E-state index is 13.0. The van der Waals surface area contributed by atoms with E-state index in [0.29, 0.717) is 41.1 Å². The third kappa shape index (κ3) is 3.54. The van der Waals surface area contributed by atoms with E-state index in [1.54, 1.807) is 33.8 Å². The van der Waals surface area contributed by atoms with E-state index in [9.17, 15) is 9.59 Å². The first-order valence-corrected chi connectivity index (χ1v) is 10.5. The number of aromatic nitrogens is 4. The number of hydrogen-bond donors (Lipinski definition) is 1. The first-order valence-electron chi connectivity index (χ1n) is 10.5. The second kappa shape index (κ2) is 8.12. The first-order chi connectivity index (χ1) is 15.6. The molecule has 1 N–H and O–H groups in total. The molecule has 8 heteroatoms. The summed E-state index contributed by atoms with van der Waals surface area (Å²) in [5, 5.41) is 13.7. The Hall–Kier alpha value is -4.25. The minimum absolute atomic E-state index is 0.0812. The highest BCUT2D eigenvalue weighted by Gasteiger charge is 2.28. The standard InChI is InChI=1S/C24H20N6O2/c25-13-16-8-10-17(11-9-16)24(32)29-12-4-5-18(15-29)21-27-22-20(23(31)28-21)14-26-30(22)19-6-2-1-3-7-19/h1-3,6-11,14,18H,4-5,12,15H2,(H,27,28,31). The van der Waals surface area contributed by atoms with Crippen molar-refractivity contribution in [2.45, 2.75) is 18.8 Å². The second-order valence-electron chi connectivity index (χ2n) is 7.86. The van der Waals surface area contributed by atoms with Gasteiger partial charge in [0.1, 0.15) is 11.2 Å². The van der Waals surface area contributed by atoms with Gasteiger partial charge < -0.3 is 9.88 Å². The summed E-state index contributed by atoms with van der Waals surface area (Å²) in [5.41, 5.74) is 2.16. The van der Waals surface area contributed by atoms with Crippen LogP contribution in [0.25, 0.3) is 16.7 Å². The number of H-pyrrole nitrogens is 1. The fourth-order valence-electron chi connectivity index (χ4n) is 4.14. The highest BCUT2D eigenvalue weighted by molar-refractivity contribution is 5.94. The number of rotatable bonds is 3. The molecular formula is C24H20N6O2. The Kier molecular flexibility index (Phi) is 5.00. The summed E-state index contributed by atoms with van der Waals surface area (Å²) in [5.74, 6) is 0.400. The van der Waals surface area contributed by atoms with Crippen molar-refractivity contribution in [3.63, 3.8) is 0 Å². The monoisotopic (exact) mass is 424 g/mol. The molecule has 1 unspecified atom stereocenters. The summed E-state index contributed by atoms with van der Waals surface area (Å²) < 4.78 is 1.66. The number of carbonyl (C=O) groups excluding carboxylic acids is 1. The SMILES string of the molecule is N#Cc1ccc(C(=O)N2CCCC(c3nc4c(cnn4-c4ccccc4)c(=O)[nH]3)C2)cc1. The summed E-state index contributed by atoms with van der Waals surface area (Å²) in [6.07, 6.45) is 3.16. The molecule has 32 heavy (non-hydrogen) atoms. The van der Waals surface area contributed by atoms with Crippen LogP contribution in [0.15, 0.2) is 65.6 Å². The van der Waals surface area contributed by atoms with Gasteiger partial charge in [-0.2, -0.15) is 10.4 Å². The van der Waals surface area contributed by atoms with Gasteiger partial charge in [0.2, 0.25) is 0 Å². The summed E-state index contributed by atoms with van der Waals surface area (Å²) >= 11 is 0. The average molecular weight is 424 g/mol. The lowest BCUT2D eigenvalue weighted by Crippen LogP contribution is -2.39. The van der Waals surface area contributed by atoms with Crippen LogP contribution in [0.3, 0.4) is 0 Å². The fourth-order valence-corrected chi connectivity index (χ4v) is 4.14. The molecule has 3 heterocycles. The number of nitrogens with zero attached hydrogens (tertiary/aromatic N) is 5. The molecule has 0 bridgehead atoms. The van der Waals surface area contributed by atoms with E-state index in [0.717, 1.165) is 18.5 Å². The molecule has 4 aromatic rings. The van der Waals surface area contributed by atoms with E-state index in [4.69, 9.17) is 10.2 Å². The van der Waals surface area contributed by atoms with Gasteiger partial charge in [-0.3, -0.25) is 9.59 Å². The third-order valence-corrected chi connectivity index (χ3v) is 5.81. The van der Waals surface area contributed by atoms with Crippen LogP contribution in [0.1, 0.15) is 40.5 Å². The van der Waals surface area contributed by atoms with E-state index < -0.39 is 0 Å². The third-order valence-electron chi connectivity index (χ3n) is 5.81. The van der Waals surface area contributed by atoms with E-state index in [2.05, 4.69) is 16.2 Å². The lowest BCUT2D eigenvalue weighted by molar-refractivity contribution is 0.0704. The van der Waals surface area contributed by atoms with Crippen molar-refractivity contribution < 1.29 is 4.79 Å². The van der Waals surface area contributed by atoms with Crippen LogP contribution in [-0.4, -0.2) is 43.6 Å². The normalized spacial score (nSPS) is 16.1. The summed E-state index contributed by atoms with van der Waals surface area (Å²) in [6.45, 7) is 1.11. The Morgan fingerprint density at radius 1 is 1.12 bits per heavy atom. The molecule has 0 radical (unpaired) electrons. The lowest BCUT2D eigenvalue weighted by Gasteiger charge is -2.32. The maximum Gasteiger partial charge on any atom is 0.262 e. The van der Waals surface area contributed by atoms with E-state index in [-0.39, 0.29) is 17.4 Å². The van der Waals surface area contributed by atoms with Crippen molar-refractivity contribution in [3.8, 4) is 11.8 Å². The predicted molar refractivity (Wildman–Crippen MR) is 119 cm³/mol. The van der Waals surface area contributed by atoms with Crippen molar-refractivity contribution in [2.24, 2.45) is 0 Å². The first kappa shape index (κ1) is 19.7. The van der Waals surface area contributed by atoms with Crippen LogP contribution in [0.4, 0.5) is 0 Å². The number of amides is 1. The summed E-state index contributed by atoms with van der Waals surface area (Å²) in [4.78, 5) is 35.2. The number of piperidine rings is 1. The van der Waals surface area contributed by atoms with Crippen molar-refractivity contribution in [3.05, 3.63) is 88.1 Å². The van der Waals surface area contributed by atoms with Gasteiger partial charge in [-0.05, 0) is 49.2 Å². The molecule has 0 aliphatic carbocycles. The van der Waals surface area contributed by atoms with E-state index in [1.165, 1.54) is 6.20 Å². The minimum atomic E-state index is -0.234. The number of nitriles is 1. The van der Waals surface area contributed by atoms with Crippen molar-refractivity contribution in [2.75, 3.05) is 13.1 Å². The van der Waals surface area contributed by atoms with Gasteiger partial charge in [-0.25, -0.2) is 9.67 Å². The fraction of sp³-hybridized carbons (Fsp3) is 0.208. The van der Waals surface area contributed by atoms with Gasteiger partial charge >= 0.3 is 0 Å². The van der Waals surface area contributed by atoms with E-state index in [1.807, 2.05) is 30.3 Å². The molecule has 2 aromatic carbocycles. The summed E-state index contributed by atoms with van der Waals surface area (Å²) in [7, 11) is 0. The van der Waals surface area contributed by atoms with Crippen molar-refractivity contribution in [1.82, 2.24) is 24.6 Å². The molecule has 2 aromatic heterocycles. The topological polar surface area (TPSA) is 108 Å². The number of benzene rings is 2. The average Bonchev–Trinajstić information content (AvgIpc) is 3.29. The molecule has 1 aliphatic rings. The Balaban J connectivity index is 1.45. The van der Waals surface area contributed by atoms with Crippen LogP contribution in [0.5, 0.6) is 0 Å². The molecule has 1 saturated heterocycles. The molecule has 5 rings (SSSR count). The van der Waals surface area contributed by atoms with Crippen LogP contribution in [-0.2, 0) is 0 Å². The van der Waals surface area contributed by atoms with Gasteiger partial charge in [0.15, 0.2) is 5.65 Å². The smallest absolute Gasteiger partial charge is 0.262 e. The van der Waals surface area contributed by atoms with Gasteiger partial charge in [-0.1, -0.05) is 18.2 Å². The zero-order chi connectivity index (χ0) is 22.1. The predicted octanol–water partition coefficient (Wildman–Crippen LogP) is 3.00. The van der Waals surface area contributed by atoms with Crippen molar-refractivity contribution in [1.29, 1.82) is 5.26 Å². The molecule has 1 amide bonds. The second-order valence-corrected chi connectivity index (χ2v) is 7.86.